The second-order valence-corrected chi connectivity index (χ2v) is 9.51. The van der Waals surface area contributed by atoms with Crippen LogP contribution in [0.5, 0.6) is 0 Å². The summed E-state index contributed by atoms with van der Waals surface area (Å²) >= 11 is 0. The van der Waals surface area contributed by atoms with Crippen molar-refractivity contribution >= 4 is 23.9 Å². The van der Waals surface area contributed by atoms with Gasteiger partial charge in [0, 0.05) is 6.42 Å². The van der Waals surface area contributed by atoms with Gasteiger partial charge in [-0.15, -0.1) is 0 Å². The van der Waals surface area contributed by atoms with E-state index < -0.39 is 61.7 Å². The van der Waals surface area contributed by atoms with Crippen molar-refractivity contribution in [1.29, 1.82) is 0 Å². The highest BCUT2D eigenvalue weighted by molar-refractivity contribution is 5.90. The molecule has 4 unspecified atom stereocenters. The average molecular weight is 561 g/mol. The third kappa shape index (κ3) is 12.9. The van der Waals surface area contributed by atoms with Crippen LogP contribution in [0.25, 0.3) is 0 Å². The number of allylic oxidation sites excluding steroid dienone is 1. The monoisotopic (exact) mass is 560 g/mol. The van der Waals surface area contributed by atoms with Crippen molar-refractivity contribution in [3.05, 3.63) is 12.2 Å². The fraction of sp³-hybridized carbons (Fsp3) is 0.778. The Morgan fingerprint density at radius 3 is 2.21 bits per heavy atom. The Kier molecular flexibility index (Phi) is 17.3. The maximum Gasteiger partial charge on any atom is 0.396 e. The number of esters is 4. The second-order valence-electron chi connectivity index (χ2n) is 9.51. The summed E-state index contributed by atoms with van der Waals surface area (Å²) in [6, 6.07) is 0. The zero-order valence-electron chi connectivity index (χ0n) is 22.8. The minimum atomic E-state index is -2.92. The Labute approximate surface area is 229 Å². The highest BCUT2D eigenvalue weighted by atomic mass is 16.8. The van der Waals surface area contributed by atoms with Crippen LogP contribution < -0.4 is 0 Å². The highest BCUT2D eigenvalue weighted by Gasteiger charge is 2.52. The van der Waals surface area contributed by atoms with E-state index in [1.165, 1.54) is 12.8 Å². The maximum atomic E-state index is 12.6. The molecule has 12 nitrogen and oxygen atoms in total. The number of carbonyl (C=O) groups is 4. The third-order valence-corrected chi connectivity index (χ3v) is 6.15. The maximum absolute atomic E-state index is 12.6. The number of hydrogen-bond donors (Lipinski definition) is 4. The quantitative estimate of drug-likeness (QED) is 0.0775. The standard InChI is InChI=1S/C27H44O12/c1-2-3-4-11-14-20(31)15-12-9-7-5-6-8-10-13-16-23(32)38-27(19-30)26(35)37-21(17-28)24(33)36-22(18-29)25(34)39-27/h9,12,20-22,28-31H,2-8,10-11,13-19H2,1H3/b12-9-. The van der Waals surface area contributed by atoms with Crippen molar-refractivity contribution in [2.45, 2.75) is 114 Å². The van der Waals surface area contributed by atoms with Crippen LogP contribution in [0.1, 0.15) is 90.4 Å². The molecule has 1 saturated heterocycles. The lowest BCUT2D eigenvalue weighted by atomic mass is 10.1. The van der Waals surface area contributed by atoms with E-state index in [0.29, 0.717) is 19.3 Å². The average Bonchev–Trinajstić information content (AvgIpc) is 2.95. The Morgan fingerprint density at radius 2 is 1.54 bits per heavy atom. The van der Waals surface area contributed by atoms with Crippen LogP contribution in [0.2, 0.25) is 0 Å². The molecule has 0 aromatic rings. The van der Waals surface area contributed by atoms with Gasteiger partial charge in [0.25, 0.3) is 0 Å². The molecule has 1 aliphatic rings. The summed E-state index contributed by atoms with van der Waals surface area (Å²) in [6.45, 7) is -1.21. The van der Waals surface area contributed by atoms with Gasteiger partial charge in [-0.25, -0.2) is 14.4 Å². The molecule has 4 N–H and O–H groups in total. The van der Waals surface area contributed by atoms with Crippen LogP contribution in [0.15, 0.2) is 12.2 Å². The minimum Gasteiger partial charge on any atom is -0.445 e. The van der Waals surface area contributed by atoms with E-state index in [9.17, 15) is 39.6 Å². The zero-order chi connectivity index (χ0) is 29.1. The number of carbonyl (C=O) groups excluding carboxylic acids is 4. The minimum absolute atomic E-state index is 0.148. The number of ether oxygens (including phenoxy) is 4. The number of aliphatic hydroxyl groups excluding tert-OH is 4. The van der Waals surface area contributed by atoms with E-state index in [1.54, 1.807) is 0 Å². The van der Waals surface area contributed by atoms with Gasteiger partial charge in [-0.3, -0.25) is 4.79 Å². The second kappa shape index (κ2) is 19.5. The lowest BCUT2D eigenvalue weighted by Gasteiger charge is -2.28. The summed E-state index contributed by atoms with van der Waals surface area (Å²) in [5, 5.41) is 38.3. The SMILES string of the molecule is CCCCCCC(O)C/C=C\CCCCCCCC(=O)OC1(CO)OC(=O)C(CO)OC(=O)C(CO)OC1=O. The van der Waals surface area contributed by atoms with Crippen LogP contribution in [-0.4, -0.2) is 88.2 Å². The molecule has 1 rings (SSSR count). The van der Waals surface area contributed by atoms with Crippen molar-refractivity contribution in [3.8, 4) is 0 Å². The number of cyclic esters (lactones) is 3. The van der Waals surface area contributed by atoms with Gasteiger partial charge in [-0.2, -0.15) is 0 Å². The summed E-state index contributed by atoms with van der Waals surface area (Å²) in [7, 11) is 0. The smallest absolute Gasteiger partial charge is 0.396 e. The predicted octanol–water partition coefficient (Wildman–Crippen LogP) is 1.59. The first-order chi connectivity index (χ1) is 18.7. The Hall–Kier alpha value is -2.54. The first kappa shape index (κ1) is 34.5. The topological polar surface area (TPSA) is 186 Å². The molecule has 0 aromatic heterocycles. The molecule has 1 aliphatic heterocycles. The van der Waals surface area contributed by atoms with Crippen LogP contribution in [0.3, 0.4) is 0 Å². The molecule has 0 saturated carbocycles. The van der Waals surface area contributed by atoms with Crippen molar-refractivity contribution in [2.75, 3.05) is 19.8 Å². The number of unbranched alkanes of at least 4 members (excludes halogenated alkanes) is 8. The van der Waals surface area contributed by atoms with E-state index in [1.807, 2.05) is 6.08 Å². The number of aliphatic hydroxyl groups is 4. The first-order valence-electron chi connectivity index (χ1n) is 13.7. The van der Waals surface area contributed by atoms with Crippen LogP contribution in [0.4, 0.5) is 0 Å². The van der Waals surface area contributed by atoms with Crippen LogP contribution in [-0.2, 0) is 38.1 Å². The van der Waals surface area contributed by atoms with E-state index in [-0.39, 0.29) is 12.5 Å². The molecule has 4 atom stereocenters. The van der Waals surface area contributed by atoms with Gasteiger partial charge < -0.3 is 39.4 Å². The molecular weight excluding hydrogens is 516 g/mol. The van der Waals surface area contributed by atoms with Gasteiger partial charge in [0.1, 0.15) is 6.61 Å². The summed E-state index contributed by atoms with van der Waals surface area (Å²) in [4.78, 5) is 49.2. The summed E-state index contributed by atoms with van der Waals surface area (Å²) in [6.07, 6.45) is 10.7. The molecule has 0 aromatic carbocycles. The summed E-state index contributed by atoms with van der Waals surface area (Å²) < 4.78 is 19.2. The molecule has 1 heterocycles. The van der Waals surface area contributed by atoms with Crippen molar-refractivity contribution in [3.63, 3.8) is 0 Å². The van der Waals surface area contributed by atoms with E-state index in [0.717, 1.165) is 44.9 Å². The molecule has 0 bridgehead atoms. The van der Waals surface area contributed by atoms with E-state index in [4.69, 9.17) is 14.2 Å². The van der Waals surface area contributed by atoms with Gasteiger partial charge >= 0.3 is 29.7 Å². The van der Waals surface area contributed by atoms with E-state index >= 15 is 0 Å². The summed E-state index contributed by atoms with van der Waals surface area (Å²) in [5.74, 6) is -8.24. The fourth-order valence-electron chi connectivity index (χ4n) is 3.81. The third-order valence-electron chi connectivity index (χ3n) is 6.15. The molecule has 1 fully saturated rings. The predicted molar refractivity (Wildman–Crippen MR) is 137 cm³/mol. The van der Waals surface area contributed by atoms with Gasteiger partial charge in [0.15, 0.2) is 0 Å². The fourth-order valence-corrected chi connectivity index (χ4v) is 3.81. The molecule has 0 aliphatic carbocycles. The first-order valence-corrected chi connectivity index (χ1v) is 13.7. The molecule has 12 heteroatoms. The number of hydrogen-bond acceptors (Lipinski definition) is 12. The van der Waals surface area contributed by atoms with Gasteiger partial charge in [0.2, 0.25) is 12.2 Å². The van der Waals surface area contributed by atoms with Crippen LogP contribution >= 0.6 is 0 Å². The van der Waals surface area contributed by atoms with Crippen molar-refractivity contribution < 1.29 is 58.6 Å². The van der Waals surface area contributed by atoms with Gasteiger partial charge in [-0.05, 0) is 32.1 Å². The number of rotatable bonds is 19. The van der Waals surface area contributed by atoms with Gasteiger partial charge in [0.05, 0.1) is 19.3 Å². The Bertz CT molecular complexity index is 781. The van der Waals surface area contributed by atoms with Gasteiger partial charge in [-0.1, -0.05) is 64.0 Å². The Morgan fingerprint density at radius 1 is 0.897 bits per heavy atom. The molecule has 0 radical (unpaired) electrons. The van der Waals surface area contributed by atoms with Crippen LogP contribution in [0, 0.1) is 0 Å². The summed E-state index contributed by atoms with van der Waals surface area (Å²) in [5.41, 5.74) is 0. The Balaban J connectivity index is 2.41. The zero-order valence-corrected chi connectivity index (χ0v) is 22.8. The lowest BCUT2D eigenvalue weighted by Crippen LogP contribution is -2.53. The van der Waals surface area contributed by atoms with Crippen molar-refractivity contribution in [1.82, 2.24) is 0 Å². The molecular formula is C27H44O12. The largest absolute Gasteiger partial charge is 0.445 e. The van der Waals surface area contributed by atoms with Crippen molar-refractivity contribution in [2.24, 2.45) is 0 Å². The van der Waals surface area contributed by atoms with E-state index in [2.05, 4.69) is 17.7 Å². The normalized spacial score (nSPS) is 22.8. The molecule has 0 spiro atoms. The molecule has 39 heavy (non-hydrogen) atoms. The highest BCUT2D eigenvalue weighted by Crippen LogP contribution is 2.22. The molecule has 0 amide bonds. The molecule has 224 valence electrons. The lowest BCUT2D eigenvalue weighted by molar-refractivity contribution is -0.251.